The minimum atomic E-state index is -1.09. The van der Waals surface area contributed by atoms with Crippen LogP contribution in [0.3, 0.4) is 0 Å². The van der Waals surface area contributed by atoms with Gasteiger partial charge < -0.3 is 5.11 Å². The van der Waals surface area contributed by atoms with Gasteiger partial charge in [0.05, 0.1) is 0 Å². The lowest BCUT2D eigenvalue weighted by atomic mass is 10.1. The van der Waals surface area contributed by atoms with Crippen molar-refractivity contribution >= 4 is 28.0 Å². The van der Waals surface area contributed by atoms with E-state index in [1.165, 1.54) is 12.1 Å². The summed E-state index contributed by atoms with van der Waals surface area (Å²) in [5.41, 5.74) is 0.976. The van der Waals surface area contributed by atoms with Crippen molar-refractivity contribution in [3.05, 3.63) is 39.6 Å². The number of carboxylic acids is 1. The van der Waals surface area contributed by atoms with Crippen molar-refractivity contribution in [3.63, 3.8) is 0 Å². The van der Waals surface area contributed by atoms with Crippen molar-refractivity contribution in [1.82, 2.24) is 0 Å². The van der Waals surface area contributed by atoms with Gasteiger partial charge in [0.1, 0.15) is 5.82 Å². The zero-order valence-corrected chi connectivity index (χ0v) is 9.01. The number of benzene rings is 1. The topological polar surface area (TPSA) is 37.3 Å². The molecule has 0 saturated heterocycles. The van der Waals surface area contributed by atoms with Crippen LogP contribution in [0.15, 0.2) is 22.7 Å². The van der Waals surface area contributed by atoms with Gasteiger partial charge >= 0.3 is 5.97 Å². The third-order valence-corrected chi connectivity index (χ3v) is 2.65. The molecule has 0 aliphatic carbocycles. The Hall–Kier alpha value is -1.16. The molecule has 14 heavy (non-hydrogen) atoms. The molecular formula is C10H8BrFO2. The van der Waals surface area contributed by atoms with Gasteiger partial charge in [0.15, 0.2) is 0 Å². The van der Waals surface area contributed by atoms with Crippen molar-refractivity contribution in [1.29, 1.82) is 0 Å². The Labute approximate surface area is 89.2 Å². The van der Waals surface area contributed by atoms with Crippen molar-refractivity contribution < 1.29 is 14.3 Å². The summed E-state index contributed by atoms with van der Waals surface area (Å²) in [6, 6.07) is 2.88. The second-order valence-electron chi connectivity index (χ2n) is 2.74. The Morgan fingerprint density at radius 1 is 1.57 bits per heavy atom. The molecule has 0 unspecified atom stereocenters. The first kappa shape index (κ1) is 10.9. The molecule has 0 fully saturated rings. The van der Waals surface area contributed by atoms with E-state index in [2.05, 4.69) is 15.9 Å². The van der Waals surface area contributed by atoms with E-state index in [0.29, 0.717) is 11.1 Å². The molecule has 0 aliphatic heterocycles. The van der Waals surface area contributed by atoms with Gasteiger partial charge in [0.25, 0.3) is 0 Å². The van der Waals surface area contributed by atoms with Gasteiger partial charge in [0, 0.05) is 16.1 Å². The van der Waals surface area contributed by atoms with Gasteiger partial charge in [-0.15, -0.1) is 0 Å². The molecule has 0 aliphatic rings. The third-order valence-electron chi connectivity index (χ3n) is 1.79. The minimum absolute atomic E-state index is 0.293. The van der Waals surface area contributed by atoms with Gasteiger partial charge in [-0.3, -0.25) is 0 Å². The Morgan fingerprint density at radius 2 is 2.21 bits per heavy atom. The average molecular weight is 259 g/mol. The van der Waals surface area contributed by atoms with E-state index in [-0.39, 0.29) is 0 Å². The van der Waals surface area contributed by atoms with E-state index in [1.54, 1.807) is 13.0 Å². The van der Waals surface area contributed by atoms with E-state index in [9.17, 15) is 9.18 Å². The number of carbonyl (C=O) groups is 1. The van der Waals surface area contributed by atoms with Gasteiger partial charge in [-0.25, -0.2) is 9.18 Å². The molecule has 1 aromatic rings. The number of aliphatic carboxylic acids is 1. The van der Waals surface area contributed by atoms with Crippen LogP contribution in [0.4, 0.5) is 4.39 Å². The Kier molecular flexibility index (Phi) is 3.41. The van der Waals surface area contributed by atoms with Crippen molar-refractivity contribution in [2.45, 2.75) is 6.92 Å². The summed E-state index contributed by atoms with van der Waals surface area (Å²) < 4.78 is 14.0. The SMILES string of the molecule is Cc1c(Br)ccc(F)c1/C=C/C(=O)O. The highest BCUT2D eigenvalue weighted by Gasteiger charge is 2.05. The average Bonchev–Trinajstić information content (AvgIpc) is 2.11. The molecule has 1 aromatic carbocycles. The predicted molar refractivity (Wildman–Crippen MR) is 55.5 cm³/mol. The zero-order valence-electron chi connectivity index (χ0n) is 7.42. The summed E-state index contributed by atoms with van der Waals surface area (Å²) in [6.45, 7) is 1.72. The highest BCUT2D eigenvalue weighted by molar-refractivity contribution is 9.10. The Balaban J connectivity index is 3.19. The van der Waals surface area contributed by atoms with E-state index in [0.717, 1.165) is 10.5 Å². The number of carboxylic acid groups (broad SMARTS) is 1. The zero-order chi connectivity index (χ0) is 10.7. The van der Waals surface area contributed by atoms with E-state index in [4.69, 9.17) is 5.11 Å². The predicted octanol–water partition coefficient (Wildman–Crippen LogP) is 2.99. The van der Waals surface area contributed by atoms with Gasteiger partial charge in [0.2, 0.25) is 0 Å². The molecule has 1 rings (SSSR count). The Morgan fingerprint density at radius 3 is 2.79 bits per heavy atom. The molecule has 0 heterocycles. The first-order valence-electron chi connectivity index (χ1n) is 3.88. The van der Waals surface area contributed by atoms with Crippen molar-refractivity contribution in [2.75, 3.05) is 0 Å². The van der Waals surface area contributed by atoms with Crippen LogP contribution in [0.5, 0.6) is 0 Å². The number of hydrogen-bond donors (Lipinski definition) is 1. The summed E-state index contributed by atoms with van der Waals surface area (Å²) >= 11 is 3.24. The molecule has 0 saturated carbocycles. The second-order valence-corrected chi connectivity index (χ2v) is 3.59. The molecule has 1 N–H and O–H groups in total. The lowest BCUT2D eigenvalue weighted by Gasteiger charge is -2.03. The summed E-state index contributed by atoms with van der Waals surface area (Å²) in [7, 11) is 0. The molecule has 0 atom stereocenters. The van der Waals surface area contributed by atoms with E-state index < -0.39 is 11.8 Å². The fraction of sp³-hybridized carbons (Fsp3) is 0.100. The molecule has 2 nitrogen and oxygen atoms in total. The van der Waals surface area contributed by atoms with Crippen LogP contribution in [0.2, 0.25) is 0 Å². The van der Waals surface area contributed by atoms with Crippen molar-refractivity contribution in [3.8, 4) is 0 Å². The van der Waals surface area contributed by atoms with Gasteiger partial charge in [-0.1, -0.05) is 15.9 Å². The van der Waals surface area contributed by atoms with Crippen LogP contribution in [-0.2, 0) is 4.79 Å². The first-order chi connectivity index (χ1) is 6.52. The number of rotatable bonds is 2. The normalized spacial score (nSPS) is 10.8. The molecule has 4 heteroatoms. The standard InChI is InChI=1S/C10H8BrFO2/c1-6-7(2-5-10(13)14)9(12)4-3-8(6)11/h2-5H,1H3,(H,13,14)/b5-2+. The van der Waals surface area contributed by atoms with E-state index >= 15 is 0 Å². The minimum Gasteiger partial charge on any atom is -0.478 e. The van der Waals surface area contributed by atoms with Crippen LogP contribution in [0.25, 0.3) is 6.08 Å². The largest absolute Gasteiger partial charge is 0.478 e. The maximum absolute atomic E-state index is 13.2. The molecule has 0 radical (unpaired) electrons. The highest BCUT2D eigenvalue weighted by atomic mass is 79.9. The monoisotopic (exact) mass is 258 g/mol. The molecule has 0 spiro atoms. The van der Waals surface area contributed by atoms with Crippen LogP contribution in [0.1, 0.15) is 11.1 Å². The second kappa shape index (κ2) is 4.37. The summed E-state index contributed by atoms with van der Waals surface area (Å²) in [5, 5.41) is 8.40. The Bertz CT molecular complexity index is 399. The van der Waals surface area contributed by atoms with E-state index in [1.807, 2.05) is 0 Å². The smallest absolute Gasteiger partial charge is 0.328 e. The number of hydrogen-bond acceptors (Lipinski definition) is 1. The highest BCUT2D eigenvalue weighted by Crippen LogP contribution is 2.23. The van der Waals surface area contributed by atoms with Crippen LogP contribution >= 0.6 is 15.9 Å². The van der Waals surface area contributed by atoms with Crippen LogP contribution in [0, 0.1) is 12.7 Å². The molecular weight excluding hydrogens is 251 g/mol. The summed E-state index contributed by atoms with van der Waals surface area (Å²) in [4.78, 5) is 10.3. The molecule has 0 amide bonds. The lowest BCUT2D eigenvalue weighted by Crippen LogP contribution is -1.91. The van der Waals surface area contributed by atoms with Crippen LogP contribution in [-0.4, -0.2) is 11.1 Å². The third kappa shape index (κ3) is 2.42. The van der Waals surface area contributed by atoms with Crippen LogP contribution < -0.4 is 0 Å². The number of halogens is 2. The quantitative estimate of drug-likeness (QED) is 0.829. The molecule has 0 aromatic heterocycles. The maximum Gasteiger partial charge on any atom is 0.328 e. The maximum atomic E-state index is 13.2. The van der Waals surface area contributed by atoms with Gasteiger partial charge in [-0.2, -0.15) is 0 Å². The molecule has 74 valence electrons. The van der Waals surface area contributed by atoms with Crippen molar-refractivity contribution in [2.24, 2.45) is 0 Å². The fourth-order valence-electron chi connectivity index (χ4n) is 1.03. The van der Waals surface area contributed by atoms with Gasteiger partial charge in [-0.05, 0) is 30.7 Å². The lowest BCUT2D eigenvalue weighted by molar-refractivity contribution is -0.131. The fourth-order valence-corrected chi connectivity index (χ4v) is 1.37. The summed E-state index contributed by atoms with van der Waals surface area (Å²) in [6.07, 6.45) is 2.16. The summed E-state index contributed by atoms with van der Waals surface area (Å²) in [5.74, 6) is -1.52. The molecule has 0 bridgehead atoms. The first-order valence-corrected chi connectivity index (χ1v) is 4.67.